The first-order valence-electron chi connectivity index (χ1n) is 5.27. The van der Waals surface area contributed by atoms with Gasteiger partial charge in [0.15, 0.2) is 0 Å². The van der Waals surface area contributed by atoms with Gasteiger partial charge in [-0.15, -0.1) is 0 Å². The van der Waals surface area contributed by atoms with Crippen LogP contribution in [0.4, 0.5) is 5.82 Å². The molecule has 1 heterocycles. The van der Waals surface area contributed by atoms with E-state index in [0.29, 0.717) is 0 Å². The minimum absolute atomic E-state index is 0.178. The Morgan fingerprint density at radius 2 is 2.05 bits per heavy atom. The number of halogens is 1. The van der Waals surface area contributed by atoms with Crippen LogP contribution in [0.3, 0.4) is 0 Å². The zero-order chi connectivity index (χ0) is 14.9. The van der Waals surface area contributed by atoms with E-state index in [1.807, 2.05) is 6.07 Å². The van der Waals surface area contributed by atoms with E-state index in [2.05, 4.69) is 21.0 Å². The Labute approximate surface area is 122 Å². The fourth-order valence-electron chi connectivity index (χ4n) is 1.60. The van der Waals surface area contributed by atoms with Crippen LogP contribution in [0.2, 0.25) is 0 Å². The molecule has 0 fully saturated rings. The van der Waals surface area contributed by atoms with Crippen LogP contribution in [0.15, 0.2) is 39.8 Å². The lowest BCUT2D eigenvalue weighted by Crippen LogP contribution is -2.13. The average molecular weight is 361 g/mol. The summed E-state index contributed by atoms with van der Waals surface area (Å²) in [5.74, 6) is -0.778. The molecule has 0 amide bonds. The van der Waals surface area contributed by atoms with Gasteiger partial charge in [-0.3, -0.25) is 0 Å². The Morgan fingerprint density at radius 3 is 2.55 bits per heavy atom. The molecule has 2 N–H and O–H groups in total. The molecule has 0 saturated carbocycles. The van der Waals surface area contributed by atoms with Crippen LogP contribution >= 0.6 is 15.9 Å². The fourth-order valence-corrected chi connectivity index (χ4v) is 2.65. The monoisotopic (exact) mass is 360 g/mol. The molecule has 0 radical (unpaired) electrons. The van der Waals surface area contributed by atoms with E-state index in [-0.39, 0.29) is 6.54 Å². The normalized spacial score (nSPS) is 11.5. The number of nitro groups is 1. The SMILES string of the molecule is NS(=O)(=O)c1cn(Cc2ccccc2Br)nc1[N+](=O)[O-]. The van der Waals surface area contributed by atoms with Gasteiger partial charge in [0.2, 0.25) is 14.9 Å². The van der Waals surface area contributed by atoms with E-state index in [9.17, 15) is 18.5 Å². The van der Waals surface area contributed by atoms with Crippen molar-refractivity contribution in [2.45, 2.75) is 11.4 Å². The average Bonchev–Trinajstić information content (AvgIpc) is 2.76. The molecular weight excluding hydrogens is 352 g/mol. The van der Waals surface area contributed by atoms with Gasteiger partial charge in [0.1, 0.15) is 0 Å². The number of aromatic nitrogens is 2. The lowest BCUT2D eigenvalue weighted by molar-refractivity contribution is -0.392. The zero-order valence-electron chi connectivity index (χ0n) is 9.93. The standard InChI is InChI=1S/C10H9BrN4O4S/c11-8-4-2-1-3-7(8)5-14-6-9(20(12,18)19)10(13-14)15(16)17/h1-4,6H,5H2,(H2,12,18,19). The Balaban J connectivity index is 2.45. The minimum Gasteiger partial charge on any atom is -0.358 e. The summed E-state index contributed by atoms with van der Waals surface area (Å²) in [5.41, 5.74) is 0.797. The first kappa shape index (κ1) is 14.6. The molecule has 0 aliphatic carbocycles. The van der Waals surface area contributed by atoms with Crippen LogP contribution in [0, 0.1) is 10.1 Å². The summed E-state index contributed by atoms with van der Waals surface area (Å²) in [7, 11) is -4.20. The summed E-state index contributed by atoms with van der Waals surface area (Å²) >= 11 is 3.33. The van der Waals surface area contributed by atoms with Crippen molar-refractivity contribution in [3.05, 3.63) is 50.6 Å². The molecule has 0 atom stereocenters. The van der Waals surface area contributed by atoms with Crippen molar-refractivity contribution in [2.24, 2.45) is 5.14 Å². The van der Waals surface area contributed by atoms with Gasteiger partial charge in [-0.25, -0.2) is 13.6 Å². The maximum atomic E-state index is 11.3. The van der Waals surface area contributed by atoms with Gasteiger partial charge >= 0.3 is 5.82 Å². The van der Waals surface area contributed by atoms with E-state index < -0.39 is 25.7 Å². The van der Waals surface area contributed by atoms with Crippen molar-refractivity contribution in [1.82, 2.24) is 9.78 Å². The van der Waals surface area contributed by atoms with Crippen molar-refractivity contribution in [2.75, 3.05) is 0 Å². The van der Waals surface area contributed by atoms with Gasteiger partial charge in [0.25, 0.3) is 0 Å². The van der Waals surface area contributed by atoms with Crippen molar-refractivity contribution in [3.63, 3.8) is 0 Å². The van der Waals surface area contributed by atoms with Crippen LogP contribution in [-0.4, -0.2) is 23.1 Å². The second kappa shape index (κ2) is 5.31. The van der Waals surface area contributed by atoms with Crippen LogP contribution in [0.1, 0.15) is 5.56 Å². The van der Waals surface area contributed by atoms with Crippen LogP contribution < -0.4 is 5.14 Å². The Kier molecular flexibility index (Phi) is 3.88. The fraction of sp³-hybridized carbons (Fsp3) is 0.100. The number of nitrogens with zero attached hydrogens (tertiary/aromatic N) is 3. The third kappa shape index (κ3) is 3.03. The van der Waals surface area contributed by atoms with Gasteiger partial charge < -0.3 is 10.1 Å². The first-order chi connectivity index (χ1) is 9.29. The van der Waals surface area contributed by atoms with Crippen LogP contribution in [-0.2, 0) is 16.6 Å². The highest BCUT2D eigenvalue weighted by Gasteiger charge is 2.28. The molecule has 0 aliphatic heterocycles. The number of nitrogens with two attached hydrogens (primary N) is 1. The number of sulfonamides is 1. The Morgan fingerprint density at radius 1 is 1.40 bits per heavy atom. The highest BCUT2D eigenvalue weighted by molar-refractivity contribution is 9.10. The summed E-state index contributed by atoms with van der Waals surface area (Å²) < 4.78 is 24.6. The largest absolute Gasteiger partial charge is 0.410 e. The topological polar surface area (TPSA) is 121 Å². The predicted molar refractivity (Wildman–Crippen MR) is 73.5 cm³/mol. The molecule has 10 heteroatoms. The molecule has 2 aromatic rings. The maximum Gasteiger partial charge on any atom is 0.410 e. The molecule has 0 aliphatic rings. The molecule has 0 unspecified atom stereocenters. The number of benzene rings is 1. The van der Waals surface area contributed by atoms with E-state index in [4.69, 9.17) is 5.14 Å². The molecule has 20 heavy (non-hydrogen) atoms. The zero-order valence-corrected chi connectivity index (χ0v) is 12.3. The van der Waals surface area contributed by atoms with E-state index in [1.54, 1.807) is 18.2 Å². The number of hydrogen-bond acceptors (Lipinski definition) is 5. The Bertz CT molecular complexity index is 771. The van der Waals surface area contributed by atoms with Crippen molar-refractivity contribution in [1.29, 1.82) is 0 Å². The second-order valence-corrected chi connectivity index (χ2v) is 6.29. The molecular formula is C10H9BrN4O4S. The van der Waals surface area contributed by atoms with Crippen LogP contribution in [0.25, 0.3) is 0 Å². The van der Waals surface area contributed by atoms with Crippen molar-refractivity contribution < 1.29 is 13.3 Å². The third-order valence-corrected chi connectivity index (χ3v) is 4.15. The lowest BCUT2D eigenvalue weighted by Gasteiger charge is -2.00. The number of hydrogen-bond donors (Lipinski definition) is 1. The summed E-state index contributed by atoms with van der Waals surface area (Å²) in [6.45, 7) is 0.178. The second-order valence-electron chi connectivity index (χ2n) is 3.91. The minimum atomic E-state index is -4.20. The smallest absolute Gasteiger partial charge is 0.358 e. The highest BCUT2D eigenvalue weighted by Crippen LogP contribution is 2.22. The van der Waals surface area contributed by atoms with E-state index in [0.717, 1.165) is 20.9 Å². The molecule has 1 aromatic carbocycles. The van der Waals surface area contributed by atoms with Crippen molar-refractivity contribution in [3.8, 4) is 0 Å². The van der Waals surface area contributed by atoms with E-state index >= 15 is 0 Å². The molecule has 1 aromatic heterocycles. The lowest BCUT2D eigenvalue weighted by atomic mass is 10.2. The van der Waals surface area contributed by atoms with Crippen LogP contribution in [0.5, 0.6) is 0 Å². The third-order valence-electron chi connectivity index (χ3n) is 2.48. The summed E-state index contributed by atoms with van der Waals surface area (Å²) in [6.07, 6.45) is 1.05. The summed E-state index contributed by atoms with van der Waals surface area (Å²) in [6, 6.07) is 7.19. The first-order valence-corrected chi connectivity index (χ1v) is 7.61. The highest BCUT2D eigenvalue weighted by atomic mass is 79.9. The van der Waals surface area contributed by atoms with Crippen molar-refractivity contribution >= 4 is 31.8 Å². The van der Waals surface area contributed by atoms with Gasteiger partial charge in [-0.2, -0.15) is 4.68 Å². The number of primary sulfonamides is 1. The molecule has 0 saturated heterocycles. The Hall–Kier alpha value is -1.78. The molecule has 2 rings (SSSR count). The van der Waals surface area contributed by atoms with Gasteiger partial charge in [0, 0.05) is 4.47 Å². The summed E-state index contributed by atoms with van der Waals surface area (Å²) in [4.78, 5) is 9.32. The van der Waals surface area contributed by atoms with Gasteiger partial charge in [-0.1, -0.05) is 34.1 Å². The van der Waals surface area contributed by atoms with Gasteiger partial charge in [-0.05, 0) is 16.6 Å². The van der Waals surface area contributed by atoms with E-state index in [1.165, 1.54) is 0 Å². The quantitative estimate of drug-likeness (QED) is 0.649. The predicted octanol–water partition coefficient (Wildman–Crippen LogP) is 1.25. The van der Waals surface area contributed by atoms with Gasteiger partial charge in [0.05, 0.1) is 17.8 Å². The molecule has 0 bridgehead atoms. The molecule has 8 nitrogen and oxygen atoms in total. The molecule has 106 valence electrons. The molecule has 0 spiro atoms. The summed E-state index contributed by atoms with van der Waals surface area (Å²) in [5, 5.41) is 19.4. The number of rotatable bonds is 4. The maximum absolute atomic E-state index is 11.3.